The van der Waals surface area contributed by atoms with Gasteiger partial charge in [0.1, 0.15) is 11.5 Å². The Hall–Kier alpha value is -2.98. The van der Waals surface area contributed by atoms with Gasteiger partial charge < -0.3 is 19.8 Å². The number of benzene rings is 1. The number of aromatic nitrogens is 2. The van der Waals surface area contributed by atoms with Gasteiger partial charge in [-0.2, -0.15) is 5.10 Å². The summed E-state index contributed by atoms with van der Waals surface area (Å²) < 4.78 is 21.0. The Kier molecular flexibility index (Phi) is 6.19. The Morgan fingerprint density at radius 2 is 2.10 bits per heavy atom. The number of morpholine rings is 1. The third-order valence-electron chi connectivity index (χ3n) is 5.11. The maximum atomic E-state index is 14.2. The predicted molar refractivity (Wildman–Crippen MR) is 111 cm³/mol. The first-order valence-electron chi connectivity index (χ1n) is 9.90. The zero-order valence-corrected chi connectivity index (χ0v) is 17.6. The van der Waals surface area contributed by atoms with Crippen LogP contribution in [-0.4, -0.2) is 64.6 Å². The summed E-state index contributed by atoms with van der Waals surface area (Å²) in [7, 11) is 0. The summed E-state index contributed by atoms with van der Waals surface area (Å²) in [5.41, 5.74) is 0.928. The van der Waals surface area contributed by atoms with Crippen molar-refractivity contribution in [2.75, 3.05) is 31.6 Å². The number of hydrogen-bond donors (Lipinski definition) is 1. The number of carbonyl (C=O) groups is 2. The van der Waals surface area contributed by atoms with Crippen molar-refractivity contribution in [1.29, 1.82) is 0 Å². The Morgan fingerprint density at radius 3 is 2.81 bits per heavy atom. The molecule has 1 aromatic carbocycles. The first-order valence-corrected chi connectivity index (χ1v) is 10.3. The largest absolute Gasteiger partial charge is 0.382 e. The van der Waals surface area contributed by atoms with Crippen LogP contribution in [0.4, 0.5) is 10.1 Å². The van der Waals surface area contributed by atoms with Crippen LogP contribution in [-0.2, 0) is 20.9 Å². The third kappa shape index (κ3) is 4.26. The maximum absolute atomic E-state index is 14.2. The quantitative estimate of drug-likeness (QED) is 0.755. The molecule has 31 heavy (non-hydrogen) atoms. The highest BCUT2D eigenvalue weighted by Gasteiger charge is 2.33. The topological polar surface area (TPSA) is 98.1 Å². The van der Waals surface area contributed by atoms with E-state index in [9.17, 15) is 14.0 Å². The normalized spacial score (nSPS) is 18.5. The number of halogens is 2. The van der Waals surface area contributed by atoms with Crippen LogP contribution >= 0.6 is 11.6 Å². The zero-order valence-electron chi connectivity index (χ0n) is 16.8. The minimum Gasteiger partial charge on any atom is -0.382 e. The van der Waals surface area contributed by atoms with Gasteiger partial charge in [0.25, 0.3) is 11.8 Å². The van der Waals surface area contributed by atoms with Crippen LogP contribution < -0.4 is 5.32 Å². The SMILES string of the molecule is CCn1ncc(NC(=O)[C@H]2CC(c3c(F)cccc3Cl)=NO2)c1C(=O)N1CCOCC1. The highest BCUT2D eigenvalue weighted by atomic mass is 35.5. The Labute approximate surface area is 182 Å². The van der Waals surface area contributed by atoms with Crippen LogP contribution in [0.25, 0.3) is 0 Å². The number of nitrogens with one attached hydrogen (secondary N) is 1. The van der Waals surface area contributed by atoms with E-state index < -0.39 is 17.8 Å². The van der Waals surface area contributed by atoms with Crippen molar-refractivity contribution in [3.05, 3.63) is 46.5 Å². The number of nitrogens with zero attached hydrogens (tertiary/aromatic N) is 4. The highest BCUT2D eigenvalue weighted by molar-refractivity contribution is 6.34. The van der Waals surface area contributed by atoms with Crippen LogP contribution in [0.15, 0.2) is 29.6 Å². The molecular formula is C20H21ClFN5O4. The van der Waals surface area contributed by atoms with Crippen molar-refractivity contribution >= 4 is 34.8 Å². The zero-order chi connectivity index (χ0) is 22.0. The van der Waals surface area contributed by atoms with Gasteiger partial charge in [-0.25, -0.2) is 4.39 Å². The van der Waals surface area contributed by atoms with Gasteiger partial charge in [0, 0.05) is 26.1 Å². The first-order chi connectivity index (χ1) is 15.0. The summed E-state index contributed by atoms with van der Waals surface area (Å²) in [6.45, 7) is 4.17. The number of amides is 2. The van der Waals surface area contributed by atoms with Gasteiger partial charge in [0.15, 0.2) is 0 Å². The second-order valence-corrected chi connectivity index (χ2v) is 7.46. The number of rotatable bonds is 5. The molecule has 2 aromatic rings. The fraction of sp³-hybridized carbons (Fsp3) is 0.400. The van der Waals surface area contributed by atoms with Crippen molar-refractivity contribution in [2.45, 2.75) is 26.0 Å². The van der Waals surface area contributed by atoms with Crippen molar-refractivity contribution in [2.24, 2.45) is 5.16 Å². The van der Waals surface area contributed by atoms with Gasteiger partial charge >= 0.3 is 0 Å². The molecule has 1 atom stereocenters. The summed E-state index contributed by atoms with van der Waals surface area (Å²) in [6, 6.07) is 4.29. The minimum atomic E-state index is -0.984. The molecule has 1 N–H and O–H groups in total. The smallest absolute Gasteiger partial charge is 0.274 e. The van der Waals surface area contributed by atoms with Crippen LogP contribution in [0.3, 0.4) is 0 Å². The van der Waals surface area contributed by atoms with Crippen molar-refractivity contribution < 1.29 is 23.6 Å². The standard InChI is InChI=1S/C20H21ClFN5O4/c1-2-27-18(20(29)26-6-8-30-9-7-26)15(11-23-27)24-19(28)16-10-14(25-31-16)17-12(21)4-3-5-13(17)22/h3-5,11,16H,2,6-10H2,1H3,(H,24,28)/t16-/m1/s1. The molecule has 0 unspecified atom stereocenters. The predicted octanol–water partition coefficient (Wildman–Crippen LogP) is 2.30. The number of hydrogen-bond acceptors (Lipinski definition) is 6. The van der Waals surface area contributed by atoms with E-state index in [0.717, 1.165) is 0 Å². The van der Waals surface area contributed by atoms with Gasteiger partial charge in [-0.1, -0.05) is 22.8 Å². The molecule has 0 aliphatic carbocycles. The van der Waals surface area contributed by atoms with E-state index in [1.807, 2.05) is 6.92 Å². The molecule has 2 amide bonds. The number of oxime groups is 1. The molecule has 0 radical (unpaired) electrons. The lowest BCUT2D eigenvalue weighted by Crippen LogP contribution is -2.42. The molecular weight excluding hydrogens is 429 g/mol. The summed E-state index contributed by atoms with van der Waals surface area (Å²) >= 11 is 6.08. The van der Waals surface area contributed by atoms with E-state index in [1.54, 1.807) is 11.0 Å². The summed E-state index contributed by atoms with van der Waals surface area (Å²) in [5, 5.41) is 10.9. The lowest BCUT2D eigenvalue weighted by Gasteiger charge is -2.27. The summed E-state index contributed by atoms with van der Waals surface area (Å²) in [5.74, 6) is -1.29. The number of aryl methyl sites for hydroxylation is 1. The fourth-order valence-electron chi connectivity index (χ4n) is 3.51. The molecule has 4 rings (SSSR count). The third-order valence-corrected chi connectivity index (χ3v) is 5.43. The fourth-order valence-corrected chi connectivity index (χ4v) is 3.78. The lowest BCUT2D eigenvalue weighted by molar-refractivity contribution is -0.125. The summed E-state index contributed by atoms with van der Waals surface area (Å²) in [6.07, 6.45) is 0.489. The highest BCUT2D eigenvalue weighted by Crippen LogP contribution is 2.26. The van der Waals surface area contributed by atoms with E-state index in [0.29, 0.717) is 32.8 Å². The molecule has 2 aliphatic rings. The molecule has 0 spiro atoms. The molecule has 11 heteroatoms. The molecule has 2 aliphatic heterocycles. The number of ether oxygens (including phenoxy) is 1. The molecule has 0 bridgehead atoms. The van der Waals surface area contributed by atoms with Gasteiger partial charge in [0.2, 0.25) is 6.10 Å². The Balaban J connectivity index is 1.48. The minimum absolute atomic E-state index is 0.0428. The Morgan fingerprint density at radius 1 is 1.32 bits per heavy atom. The van der Waals surface area contributed by atoms with Crippen molar-refractivity contribution in [1.82, 2.24) is 14.7 Å². The van der Waals surface area contributed by atoms with Crippen LogP contribution in [0.2, 0.25) is 5.02 Å². The van der Waals surface area contributed by atoms with Gasteiger partial charge in [0.05, 0.1) is 41.4 Å². The molecule has 1 saturated heterocycles. The van der Waals surface area contributed by atoms with E-state index in [-0.39, 0.29) is 40.0 Å². The average molecular weight is 450 g/mol. The molecule has 164 valence electrons. The molecule has 0 saturated carbocycles. The van der Waals surface area contributed by atoms with Crippen LogP contribution in [0.5, 0.6) is 0 Å². The maximum Gasteiger partial charge on any atom is 0.274 e. The van der Waals surface area contributed by atoms with Gasteiger partial charge in [-0.15, -0.1) is 0 Å². The second kappa shape index (κ2) is 9.03. The monoisotopic (exact) mass is 449 g/mol. The van der Waals surface area contributed by atoms with Crippen LogP contribution in [0.1, 0.15) is 29.4 Å². The van der Waals surface area contributed by atoms with Gasteiger partial charge in [-0.3, -0.25) is 14.3 Å². The van der Waals surface area contributed by atoms with E-state index in [2.05, 4.69) is 15.6 Å². The molecule has 1 fully saturated rings. The number of carbonyl (C=O) groups excluding carboxylic acids is 2. The van der Waals surface area contributed by atoms with E-state index in [4.69, 9.17) is 21.2 Å². The lowest BCUT2D eigenvalue weighted by atomic mass is 10.0. The second-order valence-electron chi connectivity index (χ2n) is 7.05. The average Bonchev–Trinajstić information content (AvgIpc) is 3.41. The molecule has 9 nitrogen and oxygen atoms in total. The van der Waals surface area contributed by atoms with E-state index >= 15 is 0 Å². The van der Waals surface area contributed by atoms with Crippen molar-refractivity contribution in [3.8, 4) is 0 Å². The first kappa shape index (κ1) is 21.3. The van der Waals surface area contributed by atoms with Crippen molar-refractivity contribution in [3.63, 3.8) is 0 Å². The molecule has 1 aromatic heterocycles. The van der Waals surface area contributed by atoms with Gasteiger partial charge in [-0.05, 0) is 19.1 Å². The molecule has 3 heterocycles. The summed E-state index contributed by atoms with van der Waals surface area (Å²) in [4.78, 5) is 32.7. The van der Waals surface area contributed by atoms with E-state index in [1.165, 1.54) is 23.0 Å². The van der Waals surface area contributed by atoms with Crippen LogP contribution in [0, 0.1) is 5.82 Å². The Bertz CT molecular complexity index is 1010. The number of anilines is 1.